The maximum Gasteiger partial charge on any atom is 0.0538 e. The summed E-state index contributed by atoms with van der Waals surface area (Å²) in [6.45, 7) is 13.1. The summed E-state index contributed by atoms with van der Waals surface area (Å²) in [5, 5.41) is 2.48. The van der Waals surface area contributed by atoms with Crippen LogP contribution < -0.4 is 4.90 Å². The molecule has 53 heavy (non-hydrogen) atoms. The lowest BCUT2D eigenvalue weighted by Gasteiger charge is -2.28. The van der Waals surface area contributed by atoms with Gasteiger partial charge in [-0.05, 0) is 112 Å². The van der Waals surface area contributed by atoms with E-state index in [2.05, 4.69) is 200 Å². The SMILES string of the molecule is C=CCCC(=C)n1c2ccccc2c2cc(-c3ccc(N(c4ccc(-c5ccccc5)cc4)c4ccc5c(c4)C(C)(C)c4ccccc4-5)cc3)ccc21. The van der Waals surface area contributed by atoms with Crippen LogP contribution in [0.3, 0.4) is 0 Å². The van der Waals surface area contributed by atoms with Gasteiger partial charge in [0.15, 0.2) is 0 Å². The largest absolute Gasteiger partial charge is 0.314 e. The predicted octanol–water partition coefficient (Wildman–Crippen LogP) is 14.3. The Morgan fingerprint density at radius 2 is 1.11 bits per heavy atom. The number of benzene rings is 7. The van der Waals surface area contributed by atoms with Crippen molar-refractivity contribution < 1.29 is 0 Å². The Bertz CT molecular complexity index is 2660. The van der Waals surface area contributed by atoms with Crippen LogP contribution in [0.4, 0.5) is 17.1 Å². The number of hydrogen-bond donors (Lipinski definition) is 0. The Hall–Kier alpha value is -6.38. The van der Waals surface area contributed by atoms with Crippen molar-refractivity contribution in [2.45, 2.75) is 32.1 Å². The molecule has 0 unspecified atom stereocenters. The number of anilines is 3. The quantitative estimate of drug-likeness (QED) is 0.138. The van der Waals surface area contributed by atoms with Gasteiger partial charge in [0.2, 0.25) is 0 Å². The van der Waals surface area contributed by atoms with Gasteiger partial charge in [0.05, 0.1) is 11.0 Å². The molecule has 0 radical (unpaired) electrons. The summed E-state index contributed by atoms with van der Waals surface area (Å²) in [6.07, 6.45) is 3.74. The van der Waals surface area contributed by atoms with E-state index in [1.54, 1.807) is 0 Å². The molecule has 0 saturated heterocycles. The second-order valence-corrected chi connectivity index (χ2v) is 14.7. The number of nitrogens with zero attached hydrogens (tertiary/aromatic N) is 2. The second kappa shape index (κ2) is 13.0. The van der Waals surface area contributed by atoms with E-state index in [1.165, 1.54) is 66.3 Å². The zero-order valence-corrected chi connectivity index (χ0v) is 30.4. The van der Waals surface area contributed by atoms with Gasteiger partial charge < -0.3 is 9.47 Å². The van der Waals surface area contributed by atoms with Gasteiger partial charge in [-0.15, -0.1) is 6.58 Å². The fourth-order valence-electron chi connectivity index (χ4n) is 8.39. The van der Waals surface area contributed by atoms with Crippen molar-refractivity contribution in [1.29, 1.82) is 0 Å². The standard InChI is InChI=1S/C51H42N2/c1-5-6-14-35(2)52-49-20-13-11-18-45(49)46-33-39(25-32-50(46)52)38-23-28-41(29-24-38)53(40-26-21-37(22-27-40)36-15-8-7-9-16-36)42-30-31-44-43-17-10-12-19-47(43)51(3,4)48(44)34-42/h5,7-13,15-34H,1-2,6,14H2,3-4H3. The molecule has 7 aromatic carbocycles. The van der Waals surface area contributed by atoms with Crippen LogP contribution in [0.1, 0.15) is 37.8 Å². The first-order chi connectivity index (χ1) is 25.9. The Morgan fingerprint density at radius 1 is 0.547 bits per heavy atom. The lowest BCUT2D eigenvalue weighted by Crippen LogP contribution is -2.16. The van der Waals surface area contributed by atoms with Gasteiger partial charge in [0.1, 0.15) is 0 Å². The van der Waals surface area contributed by atoms with Crippen LogP contribution in [-0.2, 0) is 5.41 Å². The molecular weight excluding hydrogens is 641 g/mol. The highest BCUT2D eigenvalue weighted by molar-refractivity contribution is 6.11. The zero-order valence-electron chi connectivity index (χ0n) is 30.4. The van der Waals surface area contributed by atoms with E-state index in [9.17, 15) is 0 Å². The highest BCUT2D eigenvalue weighted by atomic mass is 15.1. The maximum atomic E-state index is 4.46. The molecule has 256 valence electrons. The molecule has 1 aliphatic carbocycles. The van der Waals surface area contributed by atoms with E-state index < -0.39 is 0 Å². The highest BCUT2D eigenvalue weighted by Gasteiger charge is 2.35. The smallest absolute Gasteiger partial charge is 0.0538 e. The predicted molar refractivity (Wildman–Crippen MR) is 227 cm³/mol. The van der Waals surface area contributed by atoms with Crippen molar-refractivity contribution in [3.8, 4) is 33.4 Å². The molecule has 9 rings (SSSR count). The summed E-state index contributed by atoms with van der Waals surface area (Å²) in [5.41, 5.74) is 17.0. The lowest BCUT2D eigenvalue weighted by molar-refractivity contribution is 0.660. The summed E-state index contributed by atoms with van der Waals surface area (Å²) in [4.78, 5) is 2.39. The molecule has 2 heteroatoms. The van der Waals surface area contributed by atoms with Crippen LogP contribution in [0, 0.1) is 0 Å². The minimum Gasteiger partial charge on any atom is -0.314 e. The fourth-order valence-corrected chi connectivity index (χ4v) is 8.39. The van der Waals surface area contributed by atoms with Gasteiger partial charge in [-0.1, -0.05) is 136 Å². The van der Waals surface area contributed by atoms with Crippen LogP contribution in [0.25, 0.3) is 60.9 Å². The first-order valence-electron chi connectivity index (χ1n) is 18.5. The first-order valence-corrected chi connectivity index (χ1v) is 18.5. The number of para-hydroxylation sites is 1. The van der Waals surface area contributed by atoms with Crippen molar-refractivity contribution in [3.63, 3.8) is 0 Å². The molecule has 0 saturated carbocycles. The van der Waals surface area contributed by atoms with Gasteiger partial charge >= 0.3 is 0 Å². The van der Waals surface area contributed by atoms with Crippen molar-refractivity contribution >= 4 is 44.6 Å². The molecule has 0 amide bonds. The Balaban J connectivity index is 1.12. The van der Waals surface area contributed by atoms with Crippen LogP contribution in [-0.4, -0.2) is 4.57 Å². The Labute approximate surface area is 312 Å². The Kier molecular flexibility index (Phi) is 7.97. The fraction of sp³-hybridized carbons (Fsp3) is 0.0980. The van der Waals surface area contributed by atoms with Crippen LogP contribution in [0.2, 0.25) is 0 Å². The summed E-state index contributed by atoms with van der Waals surface area (Å²) >= 11 is 0. The molecule has 1 aliphatic rings. The molecule has 8 aromatic rings. The molecule has 1 aromatic heterocycles. The van der Waals surface area contributed by atoms with E-state index in [1.807, 2.05) is 6.08 Å². The third-order valence-corrected chi connectivity index (χ3v) is 11.1. The summed E-state index contributed by atoms with van der Waals surface area (Å²) < 4.78 is 2.32. The third kappa shape index (κ3) is 5.50. The summed E-state index contributed by atoms with van der Waals surface area (Å²) in [7, 11) is 0. The van der Waals surface area contributed by atoms with Crippen molar-refractivity contribution in [2.75, 3.05) is 4.90 Å². The average Bonchev–Trinajstić information content (AvgIpc) is 3.66. The monoisotopic (exact) mass is 682 g/mol. The van der Waals surface area contributed by atoms with Gasteiger partial charge in [0, 0.05) is 38.9 Å². The molecule has 0 fully saturated rings. The first kappa shape index (κ1) is 32.5. The number of allylic oxidation sites excluding steroid dienone is 2. The van der Waals surface area contributed by atoms with Crippen LogP contribution in [0.5, 0.6) is 0 Å². The molecule has 0 N–H and O–H groups in total. The van der Waals surface area contributed by atoms with Gasteiger partial charge in [0.25, 0.3) is 0 Å². The number of hydrogen-bond acceptors (Lipinski definition) is 1. The molecule has 0 aliphatic heterocycles. The number of rotatable bonds is 9. The van der Waals surface area contributed by atoms with E-state index >= 15 is 0 Å². The molecule has 0 bridgehead atoms. The van der Waals surface area contributed by atoms with Gasteiger partial charge in [-0.2, -0.15) is 0 Å². The van der Waals surface area contributed by atoms with E-state index in [0.717, 1.165) is 35.6 Å². The van der Waals surface area contributed by atoms with Crippen LogP contribution >= 0.6 is 0 Å². The topological polar surface area (TPSA) is 8.17 Å². The molecule has 0 atom stereocenters. The molecule has 0 spiro atoms. The molecular formula is C51H42N2. The average molecular weight is 683 g/mol. The van der Waals surface area contributed by atoms with Crippen molar-refractivity contribution in [1.82, 2.24) is 4.57 Å². The van der Waals surface area contributed by atoms with Gasteiger partial charge in [-0.3, -0.25) is 0 Å². The Morgan fingerprint density at radius 3 is 1.85 bits per heavy atom. The van der Waals surface area contributed by atoms with E-state index in [4.69, 9.17) is 0 Å². The molecule has 1 heterocycles. The maximum absolute atomic E-state index is 4.46. The van der Waals surface area contributed by atoms with Crippen LogP contribution in [0.15, 0.2) is 183 Å². The number of fused-ring (bicyclic) bond motifs is 6. The summed E-state index contributed by atoms with van der Waals surface area (Å²) in [6, 6.07) is 59.9. The second-order valence-electron chi connectivity index (χ2n) is 14.7. The van der Waals surface area contributed by atoms with E-state index in [-0.39, 0.29) is 5.41 Å². The van der Waals surface area contributed by atoms with E-state index in [0.29, 0.717) is 0 Å². The zero-order chi connectivity index (χ0) is 36.1. The minimum absolute atomic E-state index is 0.0889. The highest BCUT2D eigenvalue weighted by Crippen LogP contribution is 2.50. The lowest BCUT2D eigenvalue weighted by atomic mass is 9.82. The number of aromatic nitrogens is 1. The van der Waals surface area contributed by atoms with Crippen molar-refractivity contribution in [3.05, 3.63) is 194 Å². The minimum atomic E-state index is -0.0889. The molecule has 2 nitrogen and oxygen atoms in total. The summed E-state index contributed by atoms with van der Waals surface area (Å²) in [5.74, 6) is 0. The van der Waals surface area contributed by atoms with Gasteiger partial charge in [-0.25, -0.2) is 0 Å². The third-order valence-electron chi connectivity index (χ3n) is 11.1. The van der Waals surface area contributed by atoms with Crippen molar-refractivity contribution in [2.24, 2.45) is 0 Å². The normalized spacial score (nSPS) is 12.8.